The van der Waals surface area contributed by atoms with Gasteiger partial charge >= 0.3 is 0 Å². The fraction of sp³-hybridized carbons (Fsp3) is 0.739. The van der Waals surface area contributed by atoms with E-state index in [1.54, 1.807) is 6.20 Å². The van der Waals surface area contributed by atoms with Crippen molar-refractivity contribution >= 4 is 11.7 Å². The van der Waals surface area contributed by atoms with Crippen molar-refractivity contribution in [3.63, 3.8) is 0 Å². The molecule has 0 spiro atoms. The Balaban J connectivity index is 1.63. The molecule has 164 valence electrons. The summed E-state index contributed by atoms with van der Waals surface area (Å²) in [5.74, 6) is 0.817. The molecule has 6 nitrogen and oxygen atoms in total. The fourth-order valence-electron chi connectivity index (χ4n) is 3.87. The second-order valence-corrected chi connectivity index (χ2v) is 7.96. The van der Waals surface area contributed by atoms with Crippen LogP contribution in [-0.4, -0.2) is 66.8 Å². The van der Waals surface area contributed by atoms with Crippen molar-refractivity contribution in [2.75, 3.05) is 50.8 Å². The molecule has 0 bridgehead atoms. The Kier molecular flexibility index (Phi) is 11.7. The largest absolute Gasteiger partial charge is 0.396 e. The lowest BCUT2D eigenvalue weighted by Gasteiger charge is -2.35. The number of carbonyl (C=O) groups excluding carboxylic acids is 1. The van der Waals surface area contributed by atoms with Gasteiger partial charge in [0, 0.05) is 45.5 Å². The zero-order chi connectivity index (χ0) is 20.7. The van der Waals surface area contributed by atoms with Gasteiger partial charge in [0.25, 0.3) is 5.91 Å². The molecule has 1 aliphatic heterocycles. The number of hydrogen-bond acceptors (Lipinski definition) is 5. The van der Waals surface area contributed by atoms with Crippen LogP contribution >= 0.6 is 0 Å². The Morgan fingerprint density at radius 1 is 1.00 bits per heavy atom. The standard InChI is InChI=1S/C23H40N4O2/c1-2-26-16-18-27(19-17-26)22-21(13-12-15-24-22)23(29)25-14-10-8-6-4-3-5-7-9-11-20-28/h12-13,15,28H,2-11,14,16-20H2,1H3,(H,25,29). The molecule has 1 aliphatic rings. The third kappa shape index (κ3) is 8.70. The fourth-order valence-corrected chi connectivity index (χ4v) is 3.87. The summed E-state index contributed by atoms with van der Waals surface area (Å²) in [6.07, 6.45) is 12.3. The van der Waals surface area contributed by atoms with Crippen LogP contribution in [0.15, 0.2) is 18.3 Å². The molecule has 2 N–H and O–H groups in total. The summed E-state index contributed by atoms with van der Waals surface area (Å²) in [6, 6.07) is 3.74. The molecule has 1 aromatic rings. The van der Waals surface area contributed by atoms with Gasteiger partial charge in [0.2, 0.25) is 0 Å². The average Bonchev–Trinajstić information content (AvgIpc) is 2.77. The van der Waals surface area contributed by atoms with E-state index in [2.05, 4.69) is 27.0 Å². The first-order valence-corrected chi connectivity index (χ1v) is 11.6. The van der Waals surface area contributed by atoms with Gasteiger partial charge in [0.1, 0.15) is 5.82 Å². The van der Waals surface area contributed by atoms with Gasteiger partial charge in [-0.1, -0.05) is 51.9 Å². The minimum absolute atomic E-state index is 0.00472. The summed E-state index contributed by atoms with van der Waals surface area (Å²) in [5.41, 5.74) is 0.695. The second-order valence-electron chi connectivity index (χ2n) is 7.96. The highest BCUT2D eigenvalue weighted by molar-refractivity contribution is 5.98. The maximum Gasteiger partial charge on any atom is 0.255 e. The van der Waals surface area contributed by atoms with E-state index in [1.165, 1.54) is 32.1 Å². The number of unbranched alkanes of at least 4 members (excludes halogenated alkanes) is 8. The van der Waals surface area contributed by atoms with Crippen LogP contribution in [0.2, 0.25) is 0 Å². The molecule has 1 amide bonds. The SMILES string of the molecule is CCN1CCN(c2ncccc2C(=O)NCCCCCCCCCCCO)CC1. The van der Waals surface area contributed by atoms with Gasteiger partial charge in [-0.2, -0.15) is 0 Å². The van der Waals surface area contributed by atoms with Crippen LogP contribution < -0.4 is 10.2 Å². The lowest BCUT2D eigenvalue weighted by Crippen LogP contribution is -2.47. The number of hydrogen-bond donors (Lipinski definition) is 2. The number of nitrogens with zero attached hydrogens (tertiary/aromatic N) is 3. The van der Waals surface area contributed by atoms with Crippen LogP contribution in [0.1, 0.15) is 75.1 Å². The molecule has 0 unspecified atom stereocenters. The van der Waals surface area contributed by atoms with E-state index >= 15 is 0 Å². The minimum Gasteiger partial charge on any atom is -0.396 e. The predicted octanol–water partition coefficient (Wildman–Crippen LogP) is 3.46. The number of likely N-dealkylation sites (N-methyl/N-ethyl adjacent to an activating group) is 1. The Morgan fingerprint density at radius 3 is 2.24 bits per heavy atom. The molecular weight excluding hydrogens is 364 g/mol. The van der Waals surface area contributed by atoms with E-state index in [4.69, 9.17) is 5.11 Å². The molecule has 0 aliphatic carbocycles. The number of amides is 1. The minimum atomic E-state index is -0.00472. The summed E-state index contributed by atoms with van der Waals surface area (Å²) in [4.78, 5) is 21.9. The summed E-state index contributed by atoms with van der Waals surface area (Å²) in [7, 11) is 0. The van der Waals surface area contributed by atoms with E-state index in [0.29, 0.717) is 12.2 Å². The predicted molar refractivity (Wildman–Crippen MR) is 120 cm³/mol. The topological polar surface area (TPSA) is 68.7 Å². The number of nitrogens with one attached hydrogen (secondary N) is 1. The molecule has 1 aromatic heterocycles. The van der Waals surface area contributed by atoms with Crippen LogP contribution in [-0.2, 0) is 0 Å². The molecule has 29 heavy (non-hydrogen) atoms. The number of piperazine rings is 1. The van der Waals surface area contributed by atoms with E-state index in [1.807, 2.05) is 12.1 Å². The van der Waals surface area contributed by atoms with Crippen LogP contribution in [0.25, 0.3) is 0 Å². The van der Waals surface area contributed by atoms with Crippen molar-refractivity contribution in [1.29, 1.82) is 0 Å². The molecule has 0 aromatic carbocycles. The van der Waals surface area contributed by atoms with Crippen molar-refractivity contribution < 1.29 is 9.90 Å². The first-order valence-electron chi connectivity index (χ1n) is 11.6. The van der Waals surface area contributed by atoms with Crippen molar-refractivity contribution in [2.24, 2.45) is 0 Å². The summed E-state index contributed by atoms with van der Waals surface area (Å²) in [6.45, 7) is 8.21. The Hall–Kier alpha value is -1.66. The number of aliphatic hydroxyl groups excluding tert-OH is 1. The summed E-state index contributed by atoms with van der Waals surface area (Å²) >= 11 is 0. The summed E-state index contributed by atoms with van der Waals surface area (Å²) < 4.78 is 0. The van der Waals surface area contributed by atoms with Crippen molar-refractivity contribution in [1.82, 2.24) is 15.2 Å². The van der Waals surface area contributed by atoms with Crippen LogP contribution in [0.3, 0.4) is 0 Å². The normalized spacial score (nSPS) is 14.9. The first-order chi connectivity index (χ1) is 14.3. The Morgan fingerprint density at radius 2 is 1.62 bits per heavy atom. The van der Waals surface area contributed by atoms with Gasteiger partial charge in [-0.25, -0.2) is 4.98 Å². The van der Waals surface area contributed by atoms with E-state index in [0.717, 1.165) is 70.8 Å². The number of aliphatic hydroxyl groups is 1. The van der Waals surface area contributed by atoms with Crippen LogP contribution in [0.5, 0.6) is 0 Å². The molecule has 0 radical (unpaired) electrons. The lowest BCUT2D eigenvalue weighted by molar-refractivity contribution is 0.0953. The molecule has 2 heterocycles. The average molecular weight is 405 g/mol. The van der Waals surface area contributed by atoms with Crippen LogP contribution in [0.4, 0.5) is 5.82 Å². The zero-order valence-corrected chi connectivity index (χ0v) is 18.2. The molecule has 0 atom stereocenters. The third-order valence-corrected chi connectivity index (χ3v) is 5.77. The monoisotopic (exact) mass is 404 g/mol. The maximum atomic E-state index is 12.7. The highest BCUT2D eigenvalue weighted by atomic mass is 16.2. The van der Waals surface area contributed by atoms with Crippen LogP contribution in [0, 0.1) is 0 Å². The van der Waals surface area contributed by atoms with Crippen molar-refractivity contribution in [3.8, 4) is 0 Å². The first kappa shape index (κ1) is 23.6. The number of rotatable bonds is 14. The molecule has 2 rings (SSSR count). The van der Waals surface area contributed by atoms with Gasteiger partial charge in [0.05, 0.1) is 5.56 Å². The van der Waals surface area contributed by atoms with Gasteiger partial charge < -0.3 is 20.2 Å². The Labute approximate surface area is 176 Å². The molecular formula is C23H40N4O2. The Bertz CT molecular complexity index is 574. The van der Waals surface area contributed by atoms with E-state index in [-0.39, 0.29) is 5.91 Å². The van der Waals surface area contributed by atoms with Crippen molar-refractivity contribution in [2.45, 2.75) is 64.7 Å². The van der Waals surface area contributed by atoms with E-state index in [9.17, 15) is 4.79 Å². The number of anilines is 1. The third-order valence-electron chi connectivity index (χ3n) is 5.77. The number of aromatic nitrogens is 1. The number of pyridine rings is 1. The van der Waals surface area contributed by atoms with Gasteiger partial charge in [-0.3, -0.25) is 4.79 Å². The second kappa shape index (κ2) is 14.3. The van der Waals surface area contributed by atoms with E-state index < -0.39 is 0 Å². The molecule has 6 heteroatoms. The molecule has 1 saturated heterocycles. The zero-order valence-electron chi connectivity index (χ0n) is 18.2. The highest BCUT2D eigenvalue weighted by Gasteiger charge is 2.21. The van der Waals surface area contributed by atoms with Gasteiger partial charge in [-0.05, 0) is 31.5 Å². The molecule has 0 saturated carbocycles. The van der Waals surface area contributed by atoms with Gasteiger partial charge in [-0.15, -0.1) is 0 Å². The molecule has 1 fully saturated rings. The lowest BCUT2D eigenvalue weighted by atomic mass is 10.1. The maximum absolute atomic E-state index is 12.7. The summed E-state index contributed by atoms with van der Waals surface area (Å²) in [5, 5.41) is 11.8. The quantitative estimate of drug-likeness (QED) is 0.465. The van der Waals surface area contributed by atoms with Crippen molar-refractivity contribution in [3.05, 3.63) is 23.9 Å². The highest BCUT2D eigenvalue weighted by Crippen LogP contribution is 2.19. The van der Waals surface area contributed by atoms with Gasteiger partial charge in [0.15, 0.2) is 0 Å². The number of carbonyl (C=O) groups is 1. The smallest absolute Gasteiger partial charge is 0.255 e.